The van der Waals surface area contributed by atoms with E-state index >= 15 is 0 Å². The second kappa shape index (κ2) is 5.46. The van der Waals surface area contributed by atoms with Gasteiger partial charge in [-0.05, 0) is 24.1 Å². The molecular weight excluding hydrogens is 237 g/mol. The first-order valence-electron chi connectivity index (χ1n) is 5.94. The predicted molar refractivity (Wildman–Crippen MR) is 63.3 cm³/mol. The Balaban J connectivity index is 1.83. The van der Waals surface area contributed by atoms with Crippen LogP contribution >= 0.6 is 0 Å². The lowest BCUT2D eigenvalue weighted by Crippen LogP contribution is -2.29. The number of hydrogen-bond donors (Lipinski definition) is 2. The molecule has 5 heteroatoms. The number of β-amino-alcohol motifs (C(OH)–C–C–N with tert-alkyl or cyclic N) is 2. The van der Waals surface area contributed by atoms with E-state index in [9.17, 15) is 19.4 Å². The maximum absolute atomic E-state index is 12.7. The maximum Gasteiger partial charge on any atom is 0.223 e. The van der Waals surface area contributed by atoms with E-state index in [2.05, 4.69) is 0 Å². The van der Waals surface area contributed by atoms with Gasteiger partial charge in [0.25, 0.3) is 0 Å². The highest BCUT2D eigenvalue weighted by Crippen LogP contribution is 2.13. The molecule has 4 nitrogen and oxygen atoms in total. The van der Waals surface area contributed by atoms with Gasteiger partial charge in [-0.15, -0.1) is 0 Å². The Kier molecular flexibility index (Phi) is 3.93. The number of halogens is 1. The fraction of sp³-hybridized carbons (Fsp3) is 0.462. The largest absolute Gasteiger partial charge is 0.388 e. The average Bonchev–Trinajstić information content (AvgIpc) is 2.69. The van der Waals surface area contributed by atoms with Crippen LogP contribution in [-0.4, -0.2) is 46.3 Å². The molecule has 1 amide bonds. The maximum atomic E-state index is 12.7. The van der Waals surface area contributed by atoms with Crippen molar-refractivity contribution in [1.29, 1.82) is 0 Å². The van der Waals surface area contributed by atoms with Gasteiger partial charge >= 0.3 is 0 Å². The molecule has 2 rings (SSSR count). The third kappa shape index (κ3) is 3.05. The number of aliphatic hydroxyl groups excluding tert-OH is 2. The number of likely N-dealkylation sites (tertiary alicyclic amines) is 1. The Bertz CT molecular complexity index is 411. The van der Waals surface area contributed by atoms with E-state index in [1.807, 2.05) is 0 Å². The minimum atomic E-state index is -0.847. The van der Waals surface area contributed by atoms with Gasteiger partial charge in [0.15, 0.2) is 0 Å². The Hall–Kier alpha value is -1.46. The molecule has 1 heterocycles. The van der Waals surface area contributed by atoms with Crippen molar-refractivity contribution in [2.45, 2.75) is 25.0 Å². The van der Waals surface area contributed by atoms with Crippen molar-refractivity contribution in [3.8, 4) is 0 Å². The Morgan fingerprint density at radius 3 is 2.33 bits per heavy atom. The van der Waals surface area contributed by atoms with E-state index in [1.54, 1.807) is 12.1 Å². The van der Waals surface area contributed by atoms with Gasteiger partial charge in [-0.25, -0.2) is 4.39 Å². The van der Waals surface area contributed by atoms with Crippen molar-refractivity contribution in [2.24, 2.45) is 0 Å². The van der Waals surface area contributed by atoms with Crippen LogP contribution in [0.5, 0.6) is 0 Å². The van der Waals surface area contributed by atoms with Gasteiger partial charge in [0, 0.05) is 19.5 Å². The summed E-state index contributed by atoms with van der Waals surface area (Å²) < 4.78 is 12.7. The van der Waals surface area contributed by atoms with Crippen LogP contribution in [0.25, 0.3) is 0 Å². The van der Waals surface area contributed by atoms with Crippen LogP contribution in [0.15, 0.2) is 24.3 Å². The van der Waals surface area contributed by atoms with Gasteiger partial charge < -0.3 is 15.1 Å². The lowest BCUT2D eigenvalue weighted by atomic mass is 10.1. The number of amides is 1. The summed E-state index contributed by atoms with van der Waals surface area (Å²) in [5.41, 5.74) is 0.894. The van der Waals surface area contributed by atoms with Crippen LogP contribution in [0, 0.1) is 5.82 Å². The molecule has 0 radical (unpaired) electrons. The Morgan fingerprint density at radius 2 is 1.78 bits per heavy atom. The van der Waals surface area contributed by atoms with Crippen molar-refractivity contribution in [3.05, 3.63) is 35.6 Å². The van der Waals surface area contributed by atoms with E-state index in [0.29, 0.717) is 12.8 Å². The number of carbonyl (C=O) groups is 1. The highest BCUT2D eigenvalue weighted by atomic mass is 19.1. The summed E-state index contributed by atoms with van der Waals surface area (Å²) in [6.07, 6.45) is -0.869. The highest BCUT2D eigenvalue weighted by molar-refractivity contribution is 5.76. The van der Waals surface area contributed by atoms with Crippen LogP contribution in [0.1, 0.15) is 12.0 Å². The summed E-state index contributed by atoms with van der Waals surface area (Å²) in [4.78, 5) is 13.3. The molecule has 2 N–H and O–H groups in total. The van der Waals surface area contributed by atoms with Crippen LogP contribution < -0.4 is 0 Å². The zero-order chi connectivity index (χ0) is 13.1. The molecule has 1 aliphatic rings. The minimum Gasteiger partial charge on any atom is -0.388 e. The van der Waals surface area contributed by atoms with Gasteiger partial charge in [-0.2, -0.15) is 0 Å². The summed E-state index contributed by atoms with van der Waals surface area (Å²) >= 11 is 0. The molecule has 1 saturated heterocycles. The predicted octanol–water partition coefficient (Wildman–Crippen LogP) is 0.322. The van der Waals surface area contributed by atoms with Crippen LogP contribution in [0.4, 0.5) is 4.39 Å². The molecule has 0 aliphatic carbocycles. The standard InChI is InChI=1S/C13H16FNO3/c14-10-4-1-9(2-5-10)3-6-13(18)15-7-11(16)12(17)8-15/h1-2,4-5,11-12,16-17H,3,6-8H2/t11-,12+. The van der Waals surface area contributed by atoms with E-state index < -0.39 is 12.2 Å². The van der Waals surface area contributed by atoms with Crippen molar-refractivity contribution in [2.75, 3.05) is 13.1 Å². The van der Waals surface area contributed by atoms with Crippen LogP contribution in [0.2, 0.25) is 0 Å². The molecule has 1 aromatic carbocycles. The molecule has 98 valence electrons. The second-order valence-corrected chi connectivity index (χ2v) is 4.56. The minimum absolute atomic E-state index is 0.102. The molecule has 0 aromatic heterocycles. The number of benzene rings is 1. The molecule has 2 atom stereocenters. The molecule has 18 heavy (non-hydrogen) atoms. The Morgan fingerprint density at radius 1 is 1.22 bits per heavy atom. The number of carbonyl (C=O) groups excluding carboxylic acids is 1. The van der Waals surface area contributed by atoms with E-state index in [1.165, 1.54) is 17.0 Å². The number of hydrogen-bond acceptors (Lipinski definition) is 3. The number of aliphatic hydroxyl groups is 2. The number of rotatable bonds is 3. The molecule has 0 unspecified atom stereocenters. The fourth-order valence-electron chi connectivity index (χ4n) is 2.03. The third-order valence-corrected chi connectivity index (χ3v) is 3.15. The zero-order valence-corrected chi connectivity index (χ0v) is 9.92. The molecular formula is C13H16FNO3. The van der Waals surface area contributed by atoms with Crippen LogP contribution in [0.3, 0.4) is 0 Å². The van der Waals surface area contributed by atoms with E-state index in [4.69, 9.17) is 0 Å². The van der Waals surface area contributed by atoms with Crippen molar-refractivity contribution in [1.82, 2.24) is 4.90 Å². The zero-order valence-electron chi connectivity index (χ0n) is 9.92. The smallest absolute Gasteiger partial charge is 0.223 e. The normalized spacial score (nSPS) is 23.4. The third-order valence-electron chi connectivity index (χ3n) is 3.15. The van der Waals surface area contributed by atoms with Crippen LogP contribution in [-0.2, 0) is 11.2 Å². The summed E-state index contributed by atoms with van der Waals surface area (Å²) in [6.45, 7) is 0.368. The summed E-state index contributed by atoms with van der Waals surface area (Å²) in [7, 11) is 0. The molecule has 1 fully saturated rings. The Labute approximate surface area is 105 Å². The van der Waals surface area contributed by atoms with E-state index in [-0.39, 0.29) is 24.8 Å². The number of nitrogens with zero attached hydrogens (tertiary/aromatic N) is 1. The first-order chi connectivity index (χ1) is 8.56. The van der Waals surface area contributed by atoms with Crippen molar-refractivity contribution in [3.63, 3.8) is 0 Å². The highest BCUT2D eigenvalue weighted by Gasteiger charge is 2.31. The lowest BCUT2D eigenvalue weighted by molar-refractivity contribution is -0.130. The SMILES string of the molecule is O=C(CCc1ccc(F)cc1)N1C[C@@H](O)[C@@H](O)C1. The topological polar surface area (TPSA) is 60.8 Å². The molecule has 0 saturated carbocycles. The van der Waals surface area contributed by atoms with E-state index in [0.717, 1.165) is 5.56 Å². The lowest BCUT2D eigenvalue weighted by Gasteiger charge is -2.15. The molecule has 1 aliphatic heterocycles. The quantitative estimate of drug-likeness (QED) is 0.815. The van der Waals surface area contributed by atoms with Crippen molar-refractivity contribution >= 4 is 5.91 Å². The molecule has 0 spiro atoms. The summed E-state index contributed by atoms with van der Waals surface area (Å²) in [6, 6.07) is 6.03. The molecule has 1 aromatic rings. The van der Waals surface area contributed by atoms with Crippen molar-refractivity contribution < 1.29 is 19.4 Å². The first-order valence-corrected chi connectivity index (χ1v) is 5.94. The monoisotopic (exact) mass is 253 g/mol. The summed E-state index contributed by atoms with van der Waals surface area (Å²) in [5, 5.41) is 18.7. The average molecular weight is 253 g/mol. The fourth-order valence-corrected chi connectivity index (χ4v) is 2.03. The van der Waals surface area contributed by atoms with Gasteiger partial charge in [-0.1, -0.05) is 12.1 Å². The number of aryl methyl sites for hydroxylation is 1. The van der Waals surface area contributed by atoms with Gasteiger partial charge in [-0.3, -0.25) is 4.79 Å². The van der Waals surface area contributed by atoms with Gasteiger partial charge in [0.1, 0.15) is 5.82 Å². The first kappa shape index (κ1) is 13.0. The van der Waals surface area contributed by atoms with Gasteiger partial charge in [0.05, 0.1) is 12.2 Å². The van der Waals surface area contributed by atoms with Gasteiger partial charge in [0.2, 0.25) is 5.91 Å². The second-order valence-electron chi connectivity index (χ2n) is 4.56. The molecule has 0 bridgehead atoms. The summed E-state index contributed by atoms with van der Waals surface area (Å²) in [5.74, 6) is -0.397.